The number of hydrogen-bond acceptors (Lipinski definition) is 8. The van der Waals surface area contributed by atoms with E-state index in [1.54, 1.807) is 76.2 Å². The first-order valence-electron chi connectivity index (χ1n) is 15.9. The Hall–Kier alpha value is -5.69. The maximum Gasteiger partial charge on any atom is 0.408 e. The number of hydrazone groups is 1. The summed E-state index contributed by atoms with van der Waals surface area (Å²) in [6.45, 7) is 6.97. The molecule has 0 aliphatic carbocycles. The van der Waals surface area contributed by atoms with Crippen LogP contribution >= 0.6 is 0 Å². The van der Waals surface area contributed by atoms with Crippen molar-refractivity contribution in [1.82, 2.24) is 16.1 Å². The van der Waals surface area contributed by atoms with Gasteiger partial charge in [-0.15, -0.1) is 4.40 Å². The molecule has 4 aromatic carbocycles. The number of nitrogens with zero attached hydrogens (tertiary/aromatic N) is 2. The quantitative estimate of drug-likeness (QED) is 0.216. The zero-order valence-electron chi connectivity index (χ0n) is 28.4. The van der Waals surface area contributed by atoms with E-state index < -0.39 is 39.8 Å². The molecule has 260 valence electrons. The first-order chi connectivity index (χ1) is 23.7. The van der Waals surface area contributed by atoms with Gasteiger partial charge in [-0.1, -0.05) is 66.7 Å². The number of carbonyl (C=O) groups excluding carboxylic acids is 2. The van der Waals surface area contributed by atoms with Crippen molar-refractivity contribution in [3.63, 3.8) is 0 Å². The van der Waals surface area contributed by atoms with Crippen LogP contribution in [0.2, 0.25) is 0 Å². The largest absolute Gasteiger partial charge is 0.496 e. The first-order valence-corrected chi connectivity index (χ1v) is 17.3. The van der Waals surface area contributed by atoms with Crippen LogP contribution < -0.4 is 26.5 Å². The first kappa shape index (κ1) is 35.6. The fourth-order valence-electron chi connectivity index (χ4n) is 5.50. The third kappa shape index (κ3) is 8.85. The molecule has 3 amide bonds. The molecule has 2 unspecified atom stereocenters. The summed E-state index contributed by atoms with van der Waals surface area (Å²) in [6, 6.07) is 24.4. The molecule has 12 nitrogen and oxygen atoms in total. The van der Waals surface area contributed by atoms with E-state index in [9.17, 15) is 18.0 Å². The Kier molecular flexibility index (Phi) is 10.6. The van der Waals surface area contributed by atoms with Crippen molar-refractivity contribution in [2.45, 2.75) is 56.7 Å². The van der Waals surface area contributed by atoms with Crippen LogP contribution in [-0.2, 0) is 21.2 Å². The van der Waals surface area contributed by atoms with Gasteiger partial charge in [0, 0.05) is 17.3 Å². The van der Waals surface area contributed by atoms with Crippen molar-refractivity contribution in [3.8, 4) is 16.9 Å². The van der Waals surface area contributed by atoms with Gasteiger partial charge in [-0.05, 0) is 86.2 Å². The minimum Gasteiger partial charge on any atom is -0.496 e. The van der Waals surface area contributed by atoms with Gasteiger partial charge >= 0.3 is 12.1 Å². The molecule has 4 bridgehead atoms. The molecule has 1 aliphatic rings. The monoisotopic (exact) mass is 696 g/mol. The van der Waals surface area contributed by atoms with Gasteiger partial charge in [-0.25, -0.2) is 15.0 Å². The maximum absolute atomic E-state index is 14.0. The van der Waals surface area contributed by atoms with Gasteiger partial charge in [-0.2, -0.15) is 13.5 Å². The molecule has 4 aromatic rings. The highest BCUT2D eigenvalue weighted by atomic mass is 32.2. The lowest BCUT2D eigenvalue weighted by atomic mass is 9.94. The Labute approximate surface area is 291 Å². The minimum atomic E-state index is -4.37. The standard InChI is InChI=1S/C37H40N6O6S/c1-23-17-32-30(21-31(23)48-5)26-14-10-15-27(20-26)33(25-12-7-6-8-13-25)41-35(44)42-39-22-29(40-36(45)49-37(2,3)4)19-24-11-9-16-28(18-24)34(38)43-50(32,46)47/h6-18,20-22,29,33H,19H2,1-5H3,(H2,38,43)(H,40,45)(H2,41,42,44). The number of ether oxygens (including phenoxy) is 2. The Balaban J connectivity index is 1.68. The number of benzene rings is 4. The molecule has 0 saturated carbocycles. The van der Waals surface area contributed by atoms with Gasteiger partial charge in [0.05, 0.1) is 24.1 Å². The summed E-state index contributed by atoms with van der Waals surface area (Å²) >= 11 is 0. The van der Waals surface area contributed by atoms with Crippen molar-refractivity contribution in [3.05, 3.63) is 119 Å². The number of aryl methyl sites for hydroxylation is 1. The lowest BCUT2D eigenvalue weighted by Crippen LogP contribution is -2.42. The minimum absolute atomic E-state index is 0.0676. The smallest absolute Gasteiger partial charge is 0.408 e. The number of methoxy groups -OCH3 is 1. The number of urea groups is 1. The SMILES string of the molecule is COc1cc2c(cc1C)S(=O)(=O)/N=C(\N)c1cccc(c1)CC(NC(=O)OC(C)(C)C)C=NNC(=O)NC(c1ccccc1)c1cccc-2c1. The number of rotatable bonds is 3. The Morgan fingerprint density at radius 3 is 2.36 bits per heavy atom. The summed E-state index contributed by atoms with van der Waals surface area (Å²) in [4.78, 5) is 26.0. The summed E-state index contributed by atoms with van der Waals surface area (Å²) in [6.07, 6.45) is 0.895. The zero-order valence-corrected chi connectivity index (χ0v) is 29.2. The van der Waals surface area contributed by atoms with Gasteiger partial charge in [0.15, 0.2) is 0 Å². The van der Waals surface area contributed by atoms with Crippen LogP contribution in [0.5, 0.6) is 5.75 Å². The molecule has 50 heavy (non-hydrogen) atoms. The van der Waals surface area contributed by atoms with Crippen LogP contribution in [0.25, 0.3) is 11.1 Å². The number of alkyl carbamates (subject to hydrolysis) is 1. The van der Waals surface area contributed by atoms with E-state index in [0.717, 1.165) is 5.56 Å². The molecular weight excluding hydrogens is 657 g/mol. The normalized spacial score (nSPS) is 18.7. The summed E-state index contributed by atoms with van der Waals surface area (Å²) in [7, 11) is -2.86. The predicted octanol–water partition coefficient (Wildman–Crippen LogP) is 5.59. The van der Waals surface area contributed by atoms with Crippen LogP contribution in [-0.4, -0.2) is 51.3 Å². The average molecular weight is 697 g/mol. The van der Waals surface area contributed by atoms with Crippen LogP contribution in [0.1, 0.15) is 54.6 Å². The van der Waals surface area contributed by atoms with Crippen molar-refractivity contribution in [2.24, 2.45) is 15.2 Å². The third-order valence-electron chi connectivity index (χ3n) is 7.73. The summed E-state index contributed by atoms with van der Waals surface area (Å²) in [5.74, 6) is 0.265. The Morgan fingerprint density at radius 2 is 1.64 bits per heavy atom. The molecule has 13 heteroatoms. The molecule has 0 fully saturated rings. The van der Waals surface area contributed by atoms with E-state index in [2.05, 4.69) is 25.6 Å². The van der Waals surface area contributed by atoms with E-state index in [1.807, 2.05) is 36.4 Å². The van der Waals surface area contributed by atoms with Crippen molar-refractivity contribution in [1.29, 1.82) is 0 Å². The van der Waals surface area contributed by atoms with Crippen LogP contribution in [0.3, 0.4) is 0 Å². The molecular formula is C37H40N6O6S. The number of hydrogen-bond donors (Lipinski definition) is 4. The fraction of sp³-hybridized carbons (Fsp3) is 0.243. The molecule has 5 rings (SSSR count). The lowest BCUT2D eigenvalue weighted by Gasteiger charge is -2.22. The molecule has 0 saturated heterocycles. The zero-order chi connectivity index (χ0) is 36.1. The number of nitrogens with one attached hydrogen (secondary N) is 3. The maximum atomic E-state index is 14.0. The predicted molar refractivity (Wildman–Crippen MR) is 193 cm³/mol. The van der Waals surface area contributed by atoms with Crippen LogP contribution in [0.4, 0.5) is 9.59 Å². The summed E-state index contributed by atoms with van der Waals surface area (Å²) in [5, 5.41) is 9.89. The van der Waals surface area contributed by atoms with Gasteiger partial charge in [0.25, 0.3) is 10.0 Å². The number of sulfonamides is 1. The van der Waals surface area contributed by atoms with Crippen molar-refractivity contribution < 1.29 is 27.5 Å². The molecule has 0 aromatic heterocycles. The average Bonchev–Trinajstić information content (AvgIpc) is 3.06. The van der Waals surface area contributed by atoms with E-state index in [1.165, 1.54) is 19.4 Å². The van der Waals surface area contributed by atoms with E-state index in [4.69, 9.17) is 15.2 Å². The van der Waals surface area contributed by atoms with Gasteiger partial charge in [0.1, 0.15) is 17.2 Å². The molecule has 0 spiro atoms. The van der Waals surface area contributed by atoms with Crippen molar-refractivity contribution >= 4 is 34.2 Å². The topological polar surface area (TPSA) is 174 Å². The molecule has 5 N–H and O–H groups in total. The number of amides is 3. The Bertz CT molecular complexity index is 2060. The van der Waals surface area contributed by atoms with Crippen LogP contribution in [0.15, 0.2) is 105 Å². The van der Waals surface area contributed by atoms with Gasteiger partial charge in [-0.3, -0.25) is 0 Å². The van der Waals surface area contributed by atoms with Crippen LogP contribution in [0, 0.1) is 6.92 Å². The van der Waals surface area contributed by atoms with E-state index >= 15 is 0 Å². The number of carbonyl (C=O) groups is 2. The highest BCUT2D eigenvalue weighted by Crippen LogP contribution is 2.36. The molecule has 2 atom stereocenters. The van der Waals surface area contributed by atoms with Gasteiger partial charge in [0.2, 0.25) is 0 Å². The second-order valence-corrected chi connectivity index (χ2v) is 14.3. The number of nitrogens with two attached hydrogens (primary N) is 1. The summed E-state index contributed by atoms with van der Waals surface area (Å²) in [5.41, 5.74) is 12.1. The lowest BCUT2D eigenvalue weighted by molar-refractivity contribution is 0.0519. The highest BCUT2D eigenvalue weighted by molar-refractivity contribution is 7.90. The van der Waals surface area contributed by atoms with Gasteiger partial charge < -0.3 is 25.8 Å². The second kappa shape index (κ2) is 14.8. The molecule has 0 radical (unpaired) electrons. The summed E-state index contributed by atoms with van der Waals surface area (Å²) < 4.78 is 43.2. The second-order valence-electron chi connectivity index (χ2n) is 12.8. The number of amidine groups is 1. The van der Waals surface area contributed by atoms with E-state index in [-0.39, 0.29) is 17.2 Å². The highest BCUT2D eigenvalue weighted by Gasteiger charge is 2.25. The molecule has 1 heterocycles. The van der Waals surface area contributed by atoms with Crippen molar-refractivity contribution in [2.75, 3.05) is 7.11 Å². The Morgan fingerprint density at radius 1 is 0.940 bits per heavy atom. The molecule has 1 aliphatic heterocycles. The van der Waals surface area contributed by atoms with E-state index in [0.29, 0.717) is 39.1 Å². The third-order valence-corrected chi connectivity index (χ3v) is 9.06. The number of fused-ring (bicyclic) bond motifs is 6. The fourth-order valence-corrected chi connectivity index (χ4v) is 6.75.